The van der Waals surface area contributed by atoms with Crippen molar-refractivity contribution in [3.05, 3.63) is 50.1 Å². The van der Waals surface area contributed by atoms with Gasteiger partial charge in [0.25, 0.3) is 5.91 Å². The minimum absolute atomic E-state index is 0.00643. The first-order chi connectivity index (χ1) is 17.0. The van der Waals surface area contributed by atoms with Gasteiger partial charge in [0.2, 0.25) is 5.91 Å². The van der Waals surface area contributed by atoms with E-state index in [1.54, 1.807) is 25.5 Å². The molecule has 36 heavy (non-hydrogen) atoms. The van der Waals surface area contributed by atoms with E-state index in [1.807, 2.05) is 26.0 Å². The van der Waals surface area contributed by atoms with Crippen LogP contribution in [-0.4, -0.2) is 44.9 Å². The van der Waals surface area contributed by atoms with Crippen LogP contribution >= 0.6 is 34.7 Å². The molecule has 2 aromatic heterocycles. The number of primary amides is 1. The highest BCUT2D eigenvalue weighted by Crippen LogP contribution is 2.34. The largest absolute Gasteiger partial charge is 0.486 e. The van der Waals surface area contributed by atoms with Crippen molar-refractivity contribution in [2.75, 3.05) is 17.7 Å². The summed E-state index contributed by atoms with van der Waals surface area (Å²) in [6.07, 6.45) is 0. The van der Waals surface area contributed by atoms with Gasteiger partial charge in [-0.05, 0) is 56.5 Å². The number of nitrogens with one attached hydrogen (secondary N) is 1. The molecule has 0 atom stereocenters. The van der Waals surface area contributed by atoms with Crippen LogP contribution < -0.4 is 15.8 Å². The summed E-state index contributed by atoms with van der Waals surface area (Å²) in [6, 6.07) is 3.71. The molecule has 3 N–H and O–H groups in total. The smallest absolute Gasteiger partial charge is 0.341 e. The number of carbonyl (C=O) groups is 3. The van der Waals surface area contributed by atoms with Crippen molar-refractivity contribution >= 4 is 57.5 Å². The summed E-state index contributed by atoms with van der Waals surface area (Å²) in [5, 5.41) is 12.4. The van der Waals surface area contributed by atoms with E-state index in [2.05, 4.69) is 15.5 Å². The maximum absolute atomic E-state index is 12.6. The predicted molar refractivity (Wildman–Crippen MR) is 139 cm³/mol. The van der Waals surface area contributed by atoms with Crippen molar-refractivity contribution in [3.8, 4) is 5.75 Å². The number of anilines is 1. The Morgan fingerprint density at radius 3 is 2.47 bits per heavy atom. The second-order valence-corrected chi connectivity index (χ2v) is 10.1. The fourth-order valence-electron chi connectivity index (χ4n) is 3.31. The lowest BCUT2D eigenvalue weighted by Gasteiger charge is -2.10. The fourth-order valence-corrected chi connectivity index (χ4v) is 5.21. The third-order valence-electron chi connectivity index (χ3n) is 5.14. The normalized spacial score (nSPS) is 10.8. The monoisotopic (exact) mass is 551 g/mol. The molecule has 0 unspecified atom stereocenters. The maximum atomic E-state index is 12.6. The summed E-state index contributed by atoms with van der Waals surface area (Å²) in [5.41, 5.74) is 7.74. The van der Waals surface area contributed by atoms with Gasteiger partial charge in [0.05, 0.1) is 22.8 Å². The Hall–Kier alpha value is -3.09. The Bertz CT molecular complexity index is 1300. The van der Waals surface area contributed by atoms with Gasteiger partial charge < -0.3 is 25.1 Å². The van der Waals surface area contributed by atoms with Crippen LogP contribution in [0.1, 0.15) is 49.5 Å². The first-order valence-electron chi connectivity index (χ1n) is 10.8. The number of carbonyl (C=O) groups excluding carboxylic acids is 3. The summed E-state index contributed by atoms with van der Waals surface area (Å²) < 4.78 is 12.6. The van der Waals surface area contributed by atoms with E-state index in [9.17, 15) is 14.4 Å². The summed E-state index contributed by atoms with van der Waals surface area (Å²) in [5.74, 6) is -0.470. The SMILES string of the molecule is CCOC(=O)c1c(NC(=O)CSc2nnc(COc3cc(C)c(Cl)c(C)c3)n2C)sc(C(N)=O)c1C. The van der Waals surface area contributed by atoms with E-state index in [1.165, 1.54) is 11.8 Å². The number of thiophene rings is 1. The summed E-state index contributed by atoms with van der Waals surface area (Å²) in [4.78, 5) is 36.9. The average Bonchev–Trinajstić information content (AvgIpc) is 3.33. The summed E-state index contributed by atoms with van der Waals surface area (Å²) in [6.45, 7) is 7.41. The van der Waals surface area contributed by atoms with Gasteiger partial charge in [-0.3, -0.25) is 9.59 Å². The number of nitrogens with zero attached hydrogens (tertiary/aromatic N) is 3. The Balaban J connectivity index is 1.65. The molecule has 0 bridgehead atoms. The lowest BCUT2D eigenvalue weighted by Crippen LogP contribution is -2.17. The van der Waals surface area contributed by atoms with Crippen molar-refractivity contribution in [2.45, 2.75) is 39.5 Å². The molecule has 3 rings (SSSR count). The van der Waals surface area contributed by atoms with Gasteiger partial charge in [0.1, 0.15) is 17.4 Å². The Kier molecular flexibility index (Phi) is 8.98. The standard InChI is InChI=1S/C23H26ClN5O5S2/c1-6-33-22(32)17-13(4)19(20(25)31)36-21(17)26-16(30)10-35-23-28-27-15(29(23)5)9-34-14-7-11(2)18(24)12(3)8-14/h7-8H,6,9-10H2,1-5H3,(H2,25,31)(H,26,30). The zero-order valence-corrected chi connectivity index (χ0v) is 22.8. The van der Waals surface area contributed by atoms with Gasteiger partial charge in [-0.1, -0.05) is 23.4 Å². The second kappa shape index (κ2) is 11.8. The van der Waals surface area contributed by atoms with Crippen LogP contribution in [0.4, 0.5) is 5.00 Å². The Morgan fingerprint density at radius 2 is 1.86 bits per heavy atom. The van der Waals surface area contributed by atoms with Crippen molar-refractivity contribution in [2.24, 2.45) is 12.8 Å². The lowest BCUT2D eigenvalue weighted by atomic mass is 10.1. The molecule has 0 aliphatic rings. The summed E-state index contributed by atoms with van der Waals surface area (Å²) >= 11 is 8.31. The lowest BCUT2D eigenvalue weighted by molar-refractivity contribution is -0.113. The highest BCUT2D eigenvalue weighted by molar-refractivity contribution is 7.99. The maximum Gasteiger partial charge on any atom is 0.341 e. The number of rotatable bonds is 10. The van der Waals surface area contributed by atoms with E-state index in [-0.39, 0.29) is 34.4 Å². The molecule has 0 spiro atoms. The second-order valence-electron chi connectivity index (χ2n) is 7.80. The number of halogens is 1. The first kappa shape index (κ1) is 27.5. The number of thioether (sulfide) groups is 1. The first-order valence-corrected chi connectivity index (χ1v) is 13.0. The molecular weight excluding hydrogens is 526 g/mol. The molecule has 2 amide bonds. The molecule has 0 aliphatic heterocycles. The number of amides is 2. The number of esters is 1. The van der Waals surface area contributed by atoms with Crippen LogP contribution in [0.5, 0.6) is 5.75 Å². The number of hydrogen-bond donors (Lipinski definition) is 2. The number of aryl methyl sites for hydroxylation is 2. The van der Waals surface area contributed by atoms with Crippen molar-refractivity contribution < 1.29 is 23.9 Å². The van der Waals surface area contributed by atoms with Gasteiger partial charge in [-0.25, -0.2) is 4.79 Å². The van der Waals surface area contributed by atoms with Gasteiger partial charge in [-0.2, -0.15) is 0 Å². The van der Waals surface area contributed by atoms with Gasteiger partial charge in [-0.15, -0.1) is 21.5 Å². The minimum Gasteiger partial charge on any atom is -0.486 e. The quantitative estimate of drug-likeness (QED) is 0.284. The van der Waals surface area contributed by atoms with Crippen LogP contribution in [0, 0.1) is 20.8 Å². The molecule has 3 aromatic rings. The number of ether oxygens (including phenoxy) is 2. The number of aromatic nitrogens is 3. The van der Waals surface area contributed by atoms with Crippen LogP contribution in [0.25, 0.3) is 0 Å². The van der Waals surface area contributed by atoms with E-state index in [0.717, 1.165) is 22.5 Å². The molecule has 13 heteroatoms. The highest BCUT2D eigenvalue weighted by atomic mass is 35.5. The van der Waals surface area contributed by atoms with E-state index < -0.39 is 17.8 Å². The molecule has 0 saturated heterocycles. The third-order valence-corrected chi connectivity index (χ3v) is 7.98. The topological polar surface area (TPSA) is 138 Å². The molecular formula is C23H26ClN5O5S2. The molecule has 2 heterocycles. The van der Waals surface area contributed by atoms with E-state index in [0.29, 0.717) is 27.3 Å². The van der Waals surface area contributed by atoms with Crippen molar-refractivity contribution in [3.63, 3.8) is 0 Å². The third kappa shape index (κ3) is 6.18. The van der Waals surface area contributed by atoms with E-state index in [4.69, 9.17) is 26.8 Å². The van der Waals surface area contributed by atoms with Crippen LogP contribution in [-0.2, 0) is 23.2 Å². The summed E-state index contributed by atoms with van der Waals surface area (Å²) in [7, 11) is 1.78. The van der Waals surface area contributed by atoms with Gasteiger partial charge in [0.15, 0.2) is 11.0 Å². The zero-order valence-electron chi connectivity index (χ0n) is 20.4. The Labute approximate surface area is 221 Å². The molecule has 192 valence electrons. The van der Waals surface area contributed by atoms with Crippen molar-refractivity contribution in [1.82, 2.24) is 14.8 Å². The molecule has 0 aliphatic carbocycles. The molecule has 0 fully saturated rings. The zero-order chi connectivity index (χ0) is 26.6. The van der Waals surface area contributed by atoms with Crippen LogP contribution in [0.3, 0.4) is 0 Å². The highest BCUT2D eigenvalue weighted by Gasteiger charge is 2.26. The average molecular weight is 552 g/mol. The van der Waals surface area contributed by atoms with Crippen molar-refractivity contribution in [1.29, 1.82) is 0 Å². The van der Waals surface area contributed by atoms with Crippen LogP contribution in [0.15, 0.2) is 17.3 Å². The van der Waals surface area contributed by atoms with Gasteiger partial charge >= 0.3 is 5.97 Å². The predicted octanol–water partition coefficient (Wildman–Crippen LogP) is 4.04. The van der Waals surface area contributed by atoms with Crippen LogP contribution in [0.2, 0.25) is 5.02 Å². The molecule has 0 saturated carbocycles. The van der Waals surface area contributed by atoms with E-state index >= 15 is 0 Å². The molecule has 10 nitrogen and oxygen atoms in total. The number of hydrogen-bond acceptors (Lipinski definition) is 9. The molecule has 0 radical (unpaired) electrons. The Morgan fingerprint density at radius 1 is 1.19 bits per heavy atom. The number of nitrogens with two attached hydrogens (primary N) is 1. The minimum atomic E-state index is -0.685. The molecule has 1 aromatic carbocycles. The van der Waals surface area contributed by atoms with Gasteiger partial charge in [0, 0.05) is 12.1 Å². The fraction of sp³-hybridized carbons (Fsp3) is 0.348. The number of benzene rings is 1.